The SMILES string of the molecule is O=C(O)c1ccccc1-c1nc(N2CCCCCC2)no1. The summed E-state index contributed by atoms with van der Waals surface area (Å²) in [6.07, 6.45) is 4.69. The minimum absolute atomic E-state index is 0.170. The number of rotatable bonds is 3. The van der Waals surface area contributed by atoms with E-state index in [-0.39, 0.29) is 11.5 Å². The van der Waals surface area contributed by atoms with Crippen LogP contribution < -0.4 is 4.90 Å². The summed E-state index contributed by atoms with van der Waals surface area (Å²) in [4.78, 5) is 17.7. The highest BCUT2D eigenvalue weighted by molar-refractivity contribution is 5.94. The Hall–Kier alpha value is -2.37. The third-order valence-corrected chi connectivity index (χ3v) is 3.69. The van der Waals surface area contributed by atoms with Crippen LogP contribution in [0.25, 0.3) is 11.5 Å². The normalized spacial score (nSPS) is 15.7. The van der Waals surface area contributed by atoms with Crippen molar-refractivity contribution < 1.29 is 14.4 Å². The van der Waals surface area contributed by atoms with E-state index in [2.05, 4.69) is 15.0 Å². The smallest absolute Gasteiger partial charge is 0.336 e. The summed E-state index contributed by atoms with van der Waals surface area (Å²) in [5, 5.41) is 13.2. The summed E-state index contributed by atoms with van der Waals surface area (Å²) in [6.45, 7) is 1.83. The van der Waals surface area contributed by atoms with Crippen LogP contribution in [0.5, 0.6) is 0 Å². The van der Waals surface area contributed by atoms with Gasteiger partial charge >= 0.3 is 5.97 Å². The van der Waals surface area contributed by atoms with Crippen molar-refractivity contribution in [2.75, 3.05) is 18.0 Å². The molecule has 0 bridgehead atoms. The van der Waals surface area contributed by atoms with Gasteiger partial charge in [0.15, 0.2) is 0 Å². The molecule has 1 aliphatic heterocycles. The second-order valence-corrected chi connectivity index (χ2v) is 5.15. The number of nitrogens with zero attached hydrogens (tertiary/aromatic N) is 3. The molecule has 1 aromatic heterocycles. The van der Waals surface area contributed by atoms with Crippen molar-refractivity contribution in [3.8, 4) is 11.5 Å². The highest BCUT2D eigenvalue weighted by atomic mass is 16.5. The van der Waals surface area contributed by atoms with Gasteiger partial charge in [-0.05, 0) is 30.1 Å². The Morgan fingerprint density at radius 3 is 2.57 bits per heavy atom. The number of aromatic nitrogens is 2. The Kier molecular flexibility index (Phi) is 3.85. The van der Waals surface area contributed by atoms with E-state index >= 15 is 0 Å². The van der Waals surface area contributed by atoms with E-state index in [1.54, 1.807) is 18.2 Å². The van der Waals surface area contributed by atoms with Crippen LogP contribution in [0, 0.1) is 0 Å². The zero-order chi connectivity index (χ0) is 14.7. The minimum atomic E-state index is -1.000. The van der Waals surface area contributed by atoms with Crippen LogP contribution in [-0.2, 0) is 0 Å². The van der Waals surface area contributed by atoms with E-state index in [0.717, 1.165) is 25.9 Å². The second kappa shape index (κ2) is 5.95. The third kappa shape index (κ3) is 2.89. The third-order valence-electron chi connectivity index (χ3n) is 3.69. The van der Waals surface area contributed by atoms with Gasteiger partial charge in [0.1, 0.15) is 0 Å². The van der Waals surface area contributed by atoms with E-state index in [1.807, 2.05) is 0 Å². The maximum absolute atomic E-state index is 11.2. The highest BCUT2D eigenvalue weighted by Gasteiger charge is 2.20. The Balaban J connectivity index is 1.89. The molecule has 0 spiro atoms. The fourth-order valence-electron chi connectivity index (χ4n) is 2.58. The molecular weight excluding hydrogens is 270 g/mol. The number of carboxylic acid groups (broad SMARTS) is 1. The van der Waals surface area contributed by atoms with Gasteiger partial charge in [-0.15, -0.1) is 0 Å². The Bertz CT molecular complexity index is 631. The lowest BCUT2D eigenvalue weighted by Gasteiger charge is -2.16. The minimum Gasteiger partial charge on any atom is -0.478 e. The van der Waals surface area contributed by atoms with Crippen LogP contribution in [-0.4, -0.2) is 34.3 Å². The van der Waals surface area contributed by atoms with Crippen LogP contribution >= 0.6 is 0 Å². The molecule has 0 aliphatic carbocycles. The Labute approximate surface area is 122 Å². The average molecular weight is 287 g/mol. The van der Waals surface area contributed by atoms with Crippen molar-refractivity contribution in [1.29, 1.82) is 0 Å². The fraction of sp³-hybridized carbons (Fsp3) is 0.400. The van der Waals surface area contributed by atoms with Gasteiger partial charge in [0.25, 0.3) is 11.8 Å². The molecule has 1 N–H and O–H groups in total. The summed E-state index contributed by atoms with van der Waals surface area (Å²) in [5.41, 5.74) is 0.627. The van der Waals surface area contributed by atoms with Gasteiger partial charge in [-0.1, -0.05) is 25.0 Å². The van der Waals surface area contributed by atoms with E-state index in [0.29, 0.717) is 11.5 Å². The van der Waals surface area contributed by atoms with Gasteiger partial charge in [0.05, 0.1) is 11.1 Å². The van der Waals surface area contributed by atoms with Crippen LogP contribution in [0.4, 0.5) is 5.95 Å². The fourth-order valence-corrected chi connectivity index (χ4v) is 2.58. The molecular formula is C15H17N3O3. The van der Waals surface area contributed by atoms with Crippen molar-refractivity contribution in [3.63, 3.8) is 0 Å². The summed E-state index contributed by atoms with van der Waals surface area (Å²) < 4.78 is 5.27. The standard InChI is InChI=1S/C15H17N3O3/c19-14(20)12-8-4-3-7-11(12)13-16-15(17-21-13)18-9-5-1-2-6-10-18/h3-4,7-8H,1-2,5-6,9-10H2,(H,19,20). The molecule has 0 atom stereocenters. The molecule has 0 unspecified atom stereocenters. The number of carbonyl (C=O) groups is 1. The Morgan fingerprint density at radius 2 is 1.86 bits per heavy atom. The number of carboxylic acids is 1. The van der Waals surface area contributed by atoms with Crippen LogP contribution in [0.15, 0.2) is 28.8 Å². The monoisotopic (exact) mass is 287 g/mol. The van der Waals surface area contributed by atoms with Gasteiger partial charge in [0, 0.05) is 13.1 Å². The van der Waals surface area contributed by atoms with Crippen molar-refractivity contribution in [3.05, 3.63) is 29.8 Å². The first-order chi connectivity index (χ1) is 10.3. The molecule has 1 saturated heterocycles. The number of hydrogen-bond donors (Lipinski definition) is 1. The van der Waals surface area contributed by atoms with Crippen molar-refractivity contribution >= 4 is 11.9 Å². The molecule has 1 aliphatic rings. The molecule has 6 heteroatoms. The predicted molar refractivity (Wildman–Crippen MR) is 77.4 cm³/mol. The molecule has 0 radical (unpaired) electrons. The van der Waals surface area contributed by atoms with Gasteiger partial charge < -0.3 is 14.5 Å². The van der Waals surface area contributed by atoms with Crippen LogP contribution in [0.2, 0.25) is 0 Å². The van der Waals surface area contributed by atoms with Crippen molar-refractivity contribution in [2.24, 2.45) is 0 Å². The first-order valence-corrected chi connectivity index (χ1v) is 7.17. The Morgan fingerprint density at radius 1 is 1.14 bits per heavy atom. The molecule has 110 valence electrons. The average Bonchev–Trinajstić information content (AvgIpc) is 2.83. The van der Waals surface area contributed by atoms with Crippen molar-refractivity contribution in [2.45, 2.75) is 25.7 Å². The first-order valence-electron chi connectivity index (χ1n) is 7.17. The zero-order valence-electron chi connectivity index (χ0n) is 11.7. The molecule has 0 amide bonds. The van der Waals surface area contributed by atoms with Crippen LogP contribution in [0.1, 0.15) is 36.0 Å². The van der Waals surface area contributed by atoms with E-state index in [1.165, 1.54) is 18.9 Å². The number of aromatic carboxylic acids is 1. The maximum Gasteiger partial charge on any atom is 0.336 e. The van der Waals surface area contributed by atoms with Gasteiger partial charge in [-0.3, -0.25) is 0 Å². The largest absolute Gasteiger partial charge is 0.478 e. The van der Waals surface area contributed by atoms with Crippen molar-refractivity contribution in [1.82, 2.24) is 10.1 Å². The van der Waals surface area contributed by atoms with Crippen LogP contribution in [0.3, 0.4) is 0 Å². The highest BCUT2D eigenvalue weighted by Crippen LogP contribution is 2.25. The molecule has 2 aromatic rings. The van der Waals surface area contributed by atoms with Gasteiger partial charge in [0.2, 0.25) is 0 Å². The molecule has 1 aromatic carbocycles. The van der Waals surface area contributed by atoms with E-state index in [4.69, 9.17) is 4.52 Å². The predicted octanol–water partition coefficient (Wildman–Crippen LogP) is 2.82. The summed E-state index contributed by atoms with van der Waals surface area (Å²) in [7, 11) is 0. The summed E-state index contributed by atoms with van der Waals surface area (Å²) in [6, 6.07) is 6.66. The van der Waals surface area contributed by atoms with E-state index < -0.39 is 5.97 Å². The second-order valence-electron chi connectivity index (χ2n) is 5.15. The van der Waals surface area contributed by atoms with E-state index in [9.17, 15) is 9.90 Å². The van der Waals surface area contributed by atoms with Gasteiger partial charge in [-0.2, -0.15) is 4.98 Å². The molecule has 21 heavy (non-hydrogen) atoms. The first kappa shape index (κ1) is 13.6. The number of benzene rings is 1. The number of anilines is 1. The summed E-state index contributed by atoms with van der Waals surface area (Å²) in [5.74, 6) is -0.195. The van der Waals surface area contributed by atoms with Gasteiger partial charge in [-0.25, -0.2) is 4.79 Å². The summed E-state index contributed by atoms with van der Waals surface area (Å²) >= 11 is 0. The lowest BCUT2D eigenvalue weighted by molar-refractivity contribution is 0.0697. The topological polar surface area (TPSA) is 79.5 Å². The lowest BCUT2D eigenvalue weighted by Crippen LogP contribution is -2.24. The molecule has 1 fully saturated rings. The molecule has 0 saturated carbocycles. The molecule has 2 heterocycles. The lowest BCUT2D eigenvalue weighted by atomic mass is 10.1. The quantitative estimate of drug-likeness (QED) is 0.935. The maximum atomic E-state index is 11.2. The number of hydrogen-bond acceptors (Lipinski definition) is 5. The molecule has 3 rings (SSSR count). The molecule has 6 nitrogen and oxygen atoms in total. The zero-order valence-corrected chi connectivity index (χ0v) is 11.7.